The van der Waals surface area contributed by atoms with E-state index in [2.05, 4.69) is 10.3 Å². The van der Waals surface area contributed by atoms with Gasteiger partial charge in [-0.25, -0.2) is 4.98 Å². The highest BCUT2D eigenvalue weighted by molar-refractivity contribution is 7.14. The molecule has 3 aromatic rings. The minimum absolute atomic E-state index is 0.0753. The lowest BCUT2D eigenvalue weighted by atomic mass is 10.2. The fraction of sp³-hybridized carbons (Fsp3) is 0.158. The number of thiazole rings is 1. The van der Waals surface area contributed by atoms with Crippen molar-refractivity contribution in [1.29, 1.82) is 0 Å². The molecule has 2 aromatic carbocycles. The second-order valence-electron chi connectivity index (χ2n) is 5.49. The second kappa shape index (κ2) is 8.21. The van der Waals surface area contributed by atoms with Crippen molar-refractivity contribution >= 4 is 34.0 Å². The minimum Gasteiger partial charge on any atom is -0.495 e. The van der Waals surface area contributed by atoms with Crippen LogP contribution in [-0.4, -0.2) is 24.6 Å². The van der Waals surface area contributed by atoms with Gasteiger partial charge in [-0.3, -0.25) is 10.1 Å². The Labute approximate surface area is 160 Å². The number of nitrogens with zero attached hydrogens (tertiary/aromatic N) is 1. The summed E-state index contributed by atoms with van der Waals surface area (Å²) in [7, 11) is 1.57. The van der Waals surface area contributed by atoms with Gasteiger partial charge in [-0.05, 0) is 36.8 Å². The van der Waals surface area contributed by atoms with Crippen molar-refractivity contribution in [1.82, 2.24) is 4.98 Å². The third kappa shape index (κ3) is 4.33. The second-order valence-corrected chi connectivity index (χ2v) is 6.75. The summed E-state index contributed by atoms with van der Waals surface area (Å²) in [4.78, 5) is 16.5. The van der Waals surface area contributed by atoms with Gasteiger partial charge in [-0.1, -0.05) is 29.8 Å². The van der Waals surface area contributed by atoms with Crippen LogP contribution in [-0.2, 0) is 4.79 Å². The number of halogens is 1. The summed E-state index contributed by atoms with van der Waals surface area (Å²) in [6, 6.07) is 13.0. The molecule has 1 heterocycles. The molecule has 0 spiro atoms. The van der Waals surface area contributed by atoms with E-state index in [1.165, 1.54) is 11.3 Å². The van der Waals surface area contributed by atoms with E-state index in [1.54, 1.807) is 19.2 Å². The van der Waals surface area contributed by atoms with Crippen LogP contribution in [0.25, 0.3) is 11.3 Å². The molecule has 1 N–H and O–H groups in total. The Kier molecular flexibility index (Phi) is 5.75. The van der Waals surface area contributed by atoms with Crippen molar-refractivity contribution < 1.29 is 14.3 Å². The van der Waals surface area contributed by atoms with Gasteiger partial charge in [0.2, 0.25) is 0 Å². The van der Waals surface area contributed by atoms with Crippen LogP contribution in [0.3, 0.4) is 0 Å². The SMILES string of the molecule is COc1ccc(-c2csc(NC(=O)COc3ccccc3C)n2)cc1Cl. The zero-order chi connectivity index (χ0) is 18.5. The van der Waals surface area contributed by atoms with E-state index >= 15 is 0 Å². The first-order valence-electron chi connectivity index (χ1n) is 7.84. The minimum atomic E-state index is -0.262. The number of para-hydroxylation sites is 1. The van der Waals surface area contributed by atoms with Crippen LogP contribution in [0.15, 0.2) is 47.8 Å². The molecular weight excluding hydrogens is 372 g/mol. The van der Waals surface area contributed by atoms with E-state index < -0.39 is 0 Å². The van der Waals surface area contributed by atoms with Crippen molar-refractivity contribution in [3.05, 3.63) is 58.4 Å². The summed E-state index contributed by atoms with van der Waals surface area (Å²) in [6.07, 6.45) is 0. The molecule has 0 atom stereocenters. The molecule has 26 heavy (non-hydrogen) atoms. The molecule has 0 unspecified atom stereocenters. The van der Waals surface area contributed by atoms with E-state index in [4.69, 9.17) is 21.1 Å². The maximum absolute atomic E-state index is 12.1. The van der Waals surface area contributed by atoms with Crippen molar-refractivity contribution in [3.63, 3.8) is 0 Å². The lowest BCUT2D eigenvalue weighted by molar-refractivity contribution is -0.118. The lowest BCUT2D eigenvalue weighted by Gasteiger charge is -2.08. The number of amides is 1. The molecule has 0 radical (unpaired) electrons. The summed E-state index contributed by atoms with van der Waals surface area (Å²) in [5.74, 6) is 1.03. The number of methoxy groups -OCH3 is 1. The molecule has 0 aliphatic carbocycles. The van der Waals surface area contributed by atoms with Crippen molar-refractivity contribution in [2.45, 2.75) is 6.92 Å². The van der Waals surface area contributed by atoms with Gasteiger partial charge in [0.15, 0.2) is 11.7 Å². The largest absolute Gasteiger partial charge is 0.495 e. The molecule has 0 fully saturated rings. The quantitative estimate of drug-likeness (QED) is 0.659. The number of aryl methyl sites for hydroxylation is 1. The molecule has 0 aliphatic rings. The molecule has 3 rings (SSSR count). The van der Waals surface area contributed by atoms with Crippen LogP contribution >= 0.6 is 22.9 Å². The van der Waals surface area contributed by atoms with Gasteiger partial charge in [-0.2, -0.15) is 0 Å². The van der Waals surface area contributed by atoms with Crippen molar-refractivity contribution in [2.24, 2.45) is 0 Å². The maximum atomic E-state index is 12.1. The highest BCUT2D eigenvalue weighted by atomic mass is 35.5. The predicted octanol–water partition coefficient (Wildman–Crippen LogP) is 4.80. The molecule has 0 bridgehead atoms. The third-order valence-electron chi connectivity index (χ3n) is 3.65. The number of carbonyl (C=O) groups excluding carboxylic acids is 1. The average molecular weight is 389 g/mol. The monoisotopic (exact) mass is 388 g/mol. The fourth-order valence-electron chi connectivity index (χ4n) is 2.31. The van der Waals surface area contributed by atoms with Crippen LogP contribution in [0, 0.1) is 6.92 Å². The Morgan fingerprint density at radius 3 is 2.77 bits per heavy atom. The normalized spacial score (nSPS) is 10.4. The zero-order valence-corrected chi connectivity index (χ0v) is 15.9. The third-order valence-corrected chi connectivity index (χ3v) is 4.70. The van der Waals surface area contributed by atoms with Crippen LogP contribution in [0.1, 0.15) is 5.56 Å². The Bertz CT molecular complexity index is 927. The molecule has 1 aromatic heterocycles. The van der Waals surface area contributed by atoms with E-state index in [0.29, 0.717) is 21.7 Å². The van der Waals surface area contributed by atoms with Gasteiger partial charge in [0.1, 0.15) is 11.5 Å². The van der Waals surface area contributed by atoms with Crippen LogP contribution in [0.2, 0.25) is 5.02 Å². The number of anilines is 1. The summed E-state index contributed by atoms with van der Waals surface area (Å²) >= 11 is 7.49. The summed E-state index contributed by atoms with van der Waals surface area (Å²) in [6.45, 7) is 1.86. The van der Waals surface area contributed by atoms with E-state index in [0.717, 1.165) is 16.8 Å². The Morgan fingerprint density at radius 1 is 1.23 bits per heavy atom. The number of hydrogen-bond acceptors (Lipinski definition) is 5. The summed E-state index contributed by atoms with van der Waals surface area (Å²) in [5.41, 5.74) is 2.56. The Balaban J connectivity index is 1.62. The van der Waals surface area contributed by atoms with Crippen LogP contribution in [0.4, 0.5) is 5.13 Å². The standard InChI is InChI=1S/C19H17ClN2O3S/c1-12-5-3-4-6-16(12)25-10-18(23)22-19-21-15(11-26-19)13-7-8-17(24-2)14(20)9-13/h3-9,11H,10H2,1-2H3,(H,21,22,23). The van der Waals surface area contributed by atoms with Gasteiger partial charge >= 0.3 is 0 Å². The molecule has 5 nitrogen and oxygen atoms in total. The lowest BCUT2D eigenvalue weighted by Crippen LogP contribution is -2.20. The topological polar surface area (TPSA) is 60.5 Å². The highest BCUT2D eigenvalue weighted by Gasteiger charge is 2.11. The number of rotatable bonds is 6. The van der Waals surface area contributed by atoms with Crippen molar-refractivity contribution in [2.75, 3.05) is 19.0 Å². The molecular formula is C19H17ClN2O3S. The van der Waals surface area contributed by atoms with Gasteiger partial charge in [-0.15, -0.1) is 11.3 Å². The molecule has 0 saturated heterocycles. The molecule has 0 aliphatic heterocycles. The van der Waals surface area contributed by atoms with Crippen molar-refractivity contribution in [3.8, 4) is 22.8 Å². The molecule has 134 valence electrons. The number of aromatic nitrogens is 1. The average Bonchev–Trinajstić information content (AvgIpc) is 3.09. The van der Waals surface area contributed by atoms with Gasteiger partial charge in [0, 0.05) is 10.9 Å². The van der Waals surface area contributed by atoms with E-state index in [1.807, 2.05) is 42.6 Å². The first-order valence-corrected chi connectivity index (χ1v) is 9.10. The van der Waals surface area contributed by atoms with E-state index in [9.17, 15) is 4.79 Å². The summed E-state index contributed by atoms with van der Waals surface area (Å²) < 4.78 is 10.7. The smallest absolute Gasteiger partial charge is 0.264 e. The fourth-order valence-corrected chi connectivity index (χ4v) is 3.30. The molecule has 7 heteroatoms. The molecule has 1 amide bonds. The number of hydrogen-bond donors (Lipinski definition) is 1. The Morgan fingerprint density at radius 2 is 2.04 bits per heavy atom. The number of nitrogens with one attached hydrogen (secondary N) is 1. The van der Waals surface area contributed by atoms with Gasteiger partial charge in [0.05, 0.1) is 17.8 Å². The number of carbonyl (C=O) groups is 1. The maximum Gasteiger partial charge on any atom is 0.264 e. The predicted molar refractivity (Wildman–Crippen MR) is 104 cm³/mol. The van der Waals surface area contributed by atoms with Crippen LogP contribution in [0.5, 0.6) is 11.5 Å². The molecule has 0 saturated carbocycles. The van der Waals surface area contributed by atoms with Gasteiger partial charge in [0.25, 0.3) is 5.91 Å². The van der Waals surface area contributed by atoms with Gasteiger partial charge < -0.3 is 9.47 Å². The first-order chi connectivity index (χ1) is 12.6. The first kappa shape index (κ1) is 18.2. The van der Waals surface area contributed by atoms with Crippen LogP contribution < -0.4 is 14.8 Å². The van der Waals surface area contributed by atoms with E-state index in [-0.39, 0.29) is 12.5 Å². The number of benzene rings is 2. The zero-order valence-electron chi connectivity index (χ0n) is 14.3. The Hall–Kier alpha value is -2.57. The highest BCUT2D eigenvalue weighted by Crippen LogP contribution is 2.31. The summed E-state index contributed by atoms with van der Waals surface area (Å²) in [5, 5.41) is 5.62. The number of ether oxygens (including phenoxy) is 2.